The lowest BCUT2D eigenvalue weighted by Crippen LogP contribution is -2.29. The molecule has 2 rings (SSSR count). The molecule has 0 atom stereocenters. The number of halogens is 1. The van der Waals surface area contributed by atoms with Crippen molar-refractivity contribution in [1.82, 2.24) is 10.6 Å². The lowest BCUT2D eigenvalue weighted by atomic mass is 10.2. The lowest BCUT2D eigenvalue weighted by Gasteiger charge is -2.06. The van der Waals surface area contributed by atoms with Gasteiger partial charge in [0.25, 0.3) is 5.69 Å². The van der Waals surface area contributed by atoms with E-state index in [1.165, 1.54) is 12.1 Å². The fourth-order valence-electron chi connectivity index (χ4n) is 1.80. The van der Waals surface area contributed by atoms with Gasteiger partial charge in [-0.25, -0.2) is 4.39 Å². The van der Waals surface area contributed by atoms with E-state index in [1.54, 1.807) is 0 Å². The molecule has 1 aliphatic rings. The molecular weight excluding hydrogens is 265 g/mol. The maximum absolute atomic E-state index is 13.2. The van der Waals surface area contributed by atoms with E-state index < -0.39 is 10.7 Å². The number of amides is 1. The quantitative estimate of drug-likeness (QED) is 0.450. The number of carbonyl (C=O) groups is 1. The van der Waals surface area contributed by atoms with Gasteiger partial charge < -0.3 is 10.6 Å². The van der Waals surface area contributed by atoms with Crippen molar-refractivity contribution >= 4 is 11.6 Å². The van der Waals surface area contributed by atoms with Crippen molar-refractivity contribution in [2.75, 3.05) is 6.54 Å². The average Bonchev–Trinajstić information content (AvgIpc) is 3.18. The number of non-ortho nitro benzene ring substituents is 1. The molecular formula is C13H16FN3O3. The Morgan fingerprint density at radius 2 is 2.15 bits per heavy atom. The zero-order chi connectivity index (χ0) is 14.5. The topological polar surface area (TPSA) is 84.3 Å². The number of benzene rings is 1. The molecule has 108 valence electrons. The number of nitro groups is 1. The van der Waals surface area contributed by atoms with Gasteiger partial charge in [0.05, 0.1) is 11.0 Å². The smallest absolute Gasteiger partial charge is 0.272 e. The summed E-state index contributed by atoms with van der Waals surface area (Å²) in [6, 6.07) is 3.78. The van der Waals surface area contributed by atoms with E-state index in [2.05, 4.69) is 10.6 Å². The van der Waals surface area contributed by atoms with E-state index in [9.17, 15) is 19.3 Å². The van der Waals surface area contributed by atoms with Gasteiger partial charge >= 0.3 is 0 Å². The predicted molar refractivity (Wildman–Crippen MR) is 70.5 cm³/mol. The fourth-order valence-corrected chi connectivity index (χ4v) is 1.80. The van der Waals surface area contributed by atoms with Crippen molar-refractivity contribution in [2.24, 2.45) is 0 Å². The zero-order valence-corrected chi connectivity index (χ0v) is 10.9. The Bertz CT molecular complexity index is 518. The molecule has 1 aromatic rings. The van der Waals surface area contributed by atoms with Crippen LogP contribution in [-0.4, -0.2) is 23.4 Å². The first kappa shape index (κ1) is 14.4. The van der Waals surface area contributed by atoms with Crippen LogP contribution in [-0.2, 0) is 11.3 Å². The molecule has 20 heavy (non-hydrogen) atoms. The highest BCUT2D eigenvalue weighted by atomic mass is 19.1. The van der Waals surface area contributed by atoms with E-state index in [1.807, 2.05) is 0 Å². The number of nitrogens with zero attached hydrogens (tertiary/aromatic N) is 1. The van der Waals surface area contributed by atoms with Crippen LogP contribution in [0.1, 0.15) is 24.8 Å². The van der Waals surface area contributed by atoms with E-state index in [4.69, 9.17) is 0 Å². The Kier molecular flexibility index (Phi) is 4.62. The fraction of sp³-hybridized carbons (Fsp3) is 0.462. The lowest BCUT2D eigenvalue weighted by molar-refractivity contribution is -0.385. The summed E-state index contributed by atoms with van der Waals surface area (Å²) in [5.41, 5.74) is 0.215. The summed E-state index contributed by atoms with van der Waals surface area (Å²) in [4.78, 5) is 21.4. The number of carbonyl (C=O) groups excluding carboxylic acids is 1. The van der Waals surface area contributed by atoms with Crippen LogP contribution in [0, 0.1) is 15.9 Å². The van der Waals surface area contributed by atoms with E-state index >= 15 is 0 Å². The minimum absolute atomic E-state index is 0.00905. The van der Waals surface area contributed by atoms with Gasteiger partial charge in [0, 0.05) is 31.6 Å². The van der Waals surface area contributed by atoms with Crippen LogP contribution in [0.5, 0.6) is 0 Å². The number of nitro benzene ring substituents is 1. The second-order valence-corrected chi connectivity index (χ2v) is 4.84. The van der Waals surface area contributed by atoms with Gasteiger partial charge in [-0.3, -0.25) is 14.9 Å². The number of nitrogens with one attached hydrogen (secondary N) is 2. The molecule has 1 fully saturated rings. The van der Waals surface area contributed by atoms with E-state index in [-0.39, 0.29) is 18.1 Å². The van der Waals surface area contributed by atoms with E-state index in [0.717, 1.165) is 18.9 Å². The van der Waals surface area contributed by atoms with Crippen LogP contribution in [0.15, 0.2) is 18.2 Å². The molecule has 0 unspecified atom stereocenters. The highest BCUT2D eigenvalue weighted by Crippen LogP contribution is 2.18. The monoisotopic (exact) mass is 281 g/mol. The van der Waals surface area contributed by atoms with Gasteiger partial charge in [-0.1, -0.05) is 0 Å². The summed E-state index contributed by atoms with van der Waals surface area (Å²) in [7, 11) is 0. The van der Waals surface area contributed by atoms with Crippen molar-refractivity contribution < 1.29 is 14.1 Å². The third-order valence-electron chi connectivity index (χ3n) is 2.95. The third kappa shape index (κ3) is 4.58. The second kappa shape index (κ2) is 6.42. The summed E-state index contributed by atoms with van der Waals surface area (Å²) >= 11 is 0. The molecule has 0 saturated heterocycles. The maximum Gasteiger partial charge on any atom is 0.272 e. The number of hydrogen-bond acceptors (Lipinski definition) is 4. The molecule has 0 spiro atoms. The molecule has 0 radical (unpaired) electrons. The van der Waals surface area contributed by atoms with Crippen LogP contribution < -0.4 is 10.6 Å². The zero-order valence-electron chi connectivity index (χ0n) is 10.9. The normalized spacial score (nSPS) is 14.1. The second-order valence-electron chi connectivity index (χ2n) is 4.84. The number of hydrogen-bond donors (Lipinski definition) is 2. The first-order chi connectivity index (χ1) is 9.54. The largest absolute Gasteiger partial charge is 0.353 e. The van der Waals surface area contributed by atoms with Gasteiger partial charge in [0.1, 0.15) is 5.82 Å². The molecule has 0 aliphatic heterocycles. The Balaban J connectivity index is 1.75. The van der Waals surface area contributed by atoms with Gasteiger partial charge in [-0.15, -0.1) is 0 Å². The van der Waals surface area contributed by atoms with E-state index in [0.29, 0.717) is 24.6 Å². The van der Waals surface area contributed by atoms with Crippen molar-refractivity contribution in [1.29, 1.82) is 0 Å². The Labute approximate surface area is 115 Å². The molecule has 6 nitrogen and oxygen atoms in total. The summed E-state index contributed by atoms with van der Waals surface area (Å²) in [5.74, 6) is -0.646. The van der Waals surface area contributed by atoms with Crippen LogP contribution in [0.3, 0.4) is 0 Å². The third-order valence-corrected chi connectivity index (χ3v) is 2.95. The predicted octanol–water partition coefficient (Wildman–Crippen LogP) is 1.49. The van der Waals surface area contributed by atoms with Crippen molar-refractivity contribution in [3.05, 3.63) is 39.7 Å². The van der Waals surface area contributed by atoms with Crippen molar-refractivity contribution in [3.63, 3.8) is 0 Å². The first-order valence-corrected chi connectivity index (χ1v) is 6.48. The van der Waals surface area contributed by atoms with Gasteiger partial charge in [0.2, 0.25) is 5.91 Å². The van der Waals surface area contributed by atoms with Crippen LogP contribution in [0.4, 0.5) is 10.1 Å². The standard InChI is InChI=1S/C13H16FN3O3/c14-10-5-9(6-12(7-10)17(19)20)8-15-4-3-13(18)16-11-1-2-11/h5-7,11,15H,1-4,8H2,(H,16,18). The maximum atomic E-state index is 13.2. The van der Waals surface area contributed by atoms with Crippen LogP contribution in [0.25, 0.3) is 0 Å². The summed E-state index contributed by atoms with van der Waals surface area (Å²) in [5, 5.41) is 16.4. The average molecular weight is 281 g/mol. The molecule has 1 aliphatic carbocycles. The minimum Gasteiger partial charge on any atom is -0.353 e. The molecule has 1 saturated carbocycles. The Morgan fingerprint density at radius 1 is 1.40 bits per heavy atom. The van der Waals surface area contributed by atoms with Crippen molar-refractivity contribution in [2.45, 2.75) is 31.8 Å². The summed E-state index contributed by atoms with van der Waals surface area (Å²) in [6.45, 7) is 0.734. The Morgan fingerprint density at radius 3 is 2.80 bits per heavy atom. The molecule has 0 heterocycles. The molecule has 0 bridgehead atoms. The molecule has 7 heteroatoms. The number of rotatable bonds is 7. The SMILES string of the molecule is O=C(CCNCc1cc(F)cc([N+](=O)[O-])c1)NC1CC1. The van der Waals surface area contributed by atoms with Crippen molar-refractivity contribution in [3.8, 4) is 0 Å². The highest BCUT2D eigenvalue weighted by Gasteiger charge is 2.22. The Hall–Kier alpha value is -2.02. The summed E-state index contributed by atoms with van der Waals surface area (Å²) in [6.07, 6.45) is 2.44. The van der Waals surface area contributed by atoms with Gasteiger partial charge in [-0.05, 0) is 24.5 Å². The molecule has 2 N–H and O–H groups in total. The minimum atomic E-state index is -0.637. The molecule has 0 aromatic heterocycles. The van der Waals surface area contributed by atoms with Crippen LogP contribution in [0.2, 0.25) is 0 Å². The van der Waals surface area contributed by atoms with Gasteiger partial charge in [-0.2, -0.15) is 0 Å². The highest BCUT2D eigenvalue weighted by molar-refractivity contribution is 5.76. The summed E-state index contributed by atoms with van der Waals surface area (Å²) < 4.78 is 13.2. The van der Waals surface area contributed by atoms with Gasteiger partial charge in [0.15, 0.2) is 0 Å². The first-order valence-electron chi connectivity index (χ1n) is 6.48. The van der Waals surface area contributed by atoms with Crippen LogP contribution >= 0.6 is 0 Å². The molecule has 1 aromatic carbocycles. The molecule has 1 amide bonds.